The van der Waals surface area contributed by atoms with Gasteiger partial charge in [-0.15, -0.1) is 5.10 Å². The number of carbonyl (C=O) groups is 2. The standard InChI is InChI=1S/C27H33F3N8O4/c1-17-23(35-12-10-34(11-13-35)18(2)39)24(41)38-26(32-25(33-38)36-9-8-19(14-36)16-42-3)37(17)15-22(40)31-21-6-4-20(5-7-21)27(28,29)30/h4-7,19H,8-16H2,1-3H3,(H,31,40). The maximum atomic E-state index is 13.8. The lowest BCUT2D eigenvalue weighted by molar-refractivity contribution is -0.137. The Morgan fingerprint density at radius 2 is 1.76 bits per heavy atom. The topological polar surface area (TPSA) is 117 Å². The van der Waals surface area contributed by atoms with Crippen LogP contribution in [-0.2, 0) is 27.0 Å². The van der Waals surface area contributed by atoms with Crippen LogP contribution in [0.15, 0.2) is 29.1 Å². The van der Waals surface area contributed by atoms with Crippen LogP contribution in [0.1, 0.15) is 24.6 Å². The average Bonchev–Trinajstić information content (AvgIpc) is 3.59. The van der Waals surface area contributed by atoms with Crippen molar-refractivity contribution in [1.29, 1.82) is 0 Å². The lowest BCUT2D eigenvalue weighted by Gasteiger charge is -2.36. The molecule has 0 aliphatic carbocycles. The van der Waals surface area contributed by atoms with E-state index in [0.717, 1.165) is 18.6 Å². The molecule has 2 aromatic heterocycles. The molecule has 1 unspecified atom stereocenters. The molecule has 0 radical (unpaired) electrons. The number of piperazine rings is 1. The molecule has 2 amide bonds. The van der Waals surface area contributed by atoms with Crippen LogP contribution in [0, 0.1) is 12.8 Å². The SMILES string of the molecule is COCC1CCN(c2nc3n(CC(=O)Nc4ccc(C(F)(F)F)cc4)c(C)c(N4CCN(C(C)=O)CC4)c(=O)n3n2)C1. The number of aromatic nitrogens is 4. The van der Waals surface area contributed by atoms with E-state index >= 15 is 0 Å². The van der Waals surface area contributed by atoms with E-state index in [1.807, 2.05) is 9.80 Å². The first-order chi connectivity index (χ1) is 20.0. The fraction of sp³-hybridized carbons (Fsp3) is 0.519. The van der Waals surface area contributed by atoms with Gasteiger partial charge in [-0.3, -0.25) is 14.4 Å². The number of methoxy groups -OCH3 is 1. The number of carbonyl (C=O) groups excluding carboxylic acids is 2. The molecule has 5 rings (SSSR count). The van der Waals surface area contributed by atoms with Crippen molar-refractivity contribution in [3.05, 3.63) is 45.9 Å². The van der Waals surface area contributed by atoms with Gasteiger partial charge >= 0.3 is 6.18 Å². The number of fused-ring (bicyclic) bond motifs is 1. The Morgan fingerprint density at radius 3 is 2.38 bits per heavy atom. The third-order valence-electron chi connectivity index (χ3n) is 7.77. The van der Waals surface area contributed by atoms with Gasteiger partial charge in [-0.25, -0.2) is 0 Å². The quantitative estimate of drug-likeness (QED) is 0.444. The molecule has 0 spiro atoms. The molecule has 1 aromatic carbocycles. The molecule has 1 N–H and O–H groups in total. The fourth-order valence-corrected chi connectivity index (χ4v) is 5.54. The smallest absolute Gasteiger partial charge is 0.384 e. The van der Waals surface area contributed by atoms with E-state index in [1.54, 1.807) is 23.5 Å². The number of hydrogen-bond acceptors (Lipinski definition) is 8. The number of amides is 2. The largest absolute Gasteiger partial charge is 0.416 e. The number of nitrogens with one attached hydrogen (secondary N) is 1. The molecular formula is C27H33F3N8O4. The highest BCUT2D eigenvalue weighted by Crippen LogP contribution is 2.30. The molecule has 15 heteroatoms. The number of nitrogens with zero attached hydrogens (tertiary/aromatic N) is 7. The Bertz CT molecular complexity index is 1530. The van der Waals surface area contributed by atoms with Gasteiger partial charge in [0.1, 0.15) is 12.2 Å². The molecule has 42 heavy (non-hydrogen) atoms. The van der Waals surface area contributed by atoms with E-state index < -0.39 is 17.6 Å². The predicted molar refractivity (Wildman–Crippen MR) is 149 cm³/mol. The maximum Gasteiger partial charge on any atom is 0.416 e. The first kappa shape index (κ1) is 29.4. The van der Waals surface area contributed by atoms with Crippen molar-refractivity contribution in [1.82, 2.24) is 24.1 Å². The third-order valence-corrected chi connectivity index (χ3v) is 7.77. The third kappa shape index (κ3) is 5.91. The van der Waals surface area contributed by atoms with Crippen LogP contribution in [-0.4, -0.2) is 88.9 Å². The zero-order valence-corrected chi connectivity index (χ0v) is 23.6. The molecule has 12 nitrogen and oxygen atoms in total. The van der Waals surface area contributed by atoms with Crippen LogP contribution in [0.25, 0.3) is 5.78 Å². The van der Waals surface area contributed by atoms with Gasteiger partial charge < -0.3 is 29.3 Å². The van der Waals surface area contributed by atoms with Crippen molar-refractivity contribution in [2.45, 2.75) is 33.0 Å². The van der Waals surface area contributed by atoms with Gasteiger partial charge in [-0.05, 0) is 37.6 Å². The summed E-state index contributed by atoms with van der Waals surface area (Å²) in [6, 6.07) is 4.17. The number of hydrogen-bond donors (Lipinski definition) is 1. The summed E-state index contributed by atoms with van der Waals surface area (Å²) in [5, 5.41) is 7.17. The minimum absolute atomic E-state index is 0.0440. The number of halogens is 3. The lowest BCUT2D eigenvalue weighted by atomic mass is 10.1. The zero-order chi connectivity index (χ0) is 30.2. The summed E-state index contributed by atoms with van der Waals surface area (Å²) in [4.78, 5) is 49.0. The summed E-state index contributed by atoms with van der Waals surface area (Å²) >= 11 is 0. The van der Waals surface area contributed by atoms with E-state index in [2.05, 4.69) is 15.4 Å². The molecule has 2 saturated heterocycles. The summed E-state index contributed by atoms with van der Waals surface area (Å²) in [6.07, 6.45) is -3.61. The van der Waals surface area contributed by atoms with Gasteiger partial charge in [0.15, 0.2) is 0 Å². The summed E-state index contributed by atoms with van der Waals surface area (Å²) in [5.41, 5.74) is -0.165. The fourth-order valence-electron chi connectivity index (χ4n) is 5.54. The number of ether oxygens (including phenoxy) is 1. The molecule has 2 fully saturated rings. The molecular weight excluding hydrogens is 557 g/mol. The van der Waals surface area contributed by atoms with Crippen molar-refractivity contribution in [2.24, 2.45) is 5.92 Å². The first-order valence-electron chi connectivity index (χ1n) is 13.7. The molecule has 0 saturated carbocycles. The number of anilines is 3. The van der Waals surface area contributed by atoms with Crippen molar-refractivity contribution in [3.8, 4) is 0 Å². The van der Waals surface area contributed by atoms with Gasteiger partial charge in [0, 0.05) is 70.6 Å². The van der Waals surface area contributed by atoms with Gasteiger partial charge in [-0.2, -0.15) is 22.7 Å². The second-order valence-corrected chi connectivity index (χ2v) is 10.6. The van der Waals surface area contributed by atoms with Gasteiger partial charge in [0.2, 0.25) is 23.5 Å². The molecule has 2 aliphatic heterocycles. The number of alkyl halides is 3. The van der Waals surface area contributed by atoms with Crippen LogP contribution >= 0.6 is 0 Å². The molecule has 3 aromatic rings. The average molecular weight is 591 g/mol. The highest BCUT2D eigenvalue weighted by atomic mass is 19.4. The minimum Gasteiger partial charge on any atom is -0.384 e. The van der Waals surface area contributed by atoms with Gasteiger partial charge in [-0.1, -0.05) is 0 Å². The van der Waals surface area contributed by atoms with Gasteiger partial charge in [0.05, 0.1) is 12.2 Å². The van der Waals surface area contributed by atoms with E-state index in [9.17, 15) is 27.6 Å². The van der Waals surface area contributed by atoms with E-state index in [0.29, 0.717) is 69.1 Å². The van der Waals surface area contributed by atoms with E-state index in [4.69, 9.17) is 4.74 Å². The van der Waals surface area contributed by atoms with Crippen molar-refractivity contribution < 1.29 is 27.5 Å². The second-order valence-electron chi connectivity index (χ2n) is 10.6. The van der Waals surface area contributed by atoms with Crippen molar-refractivity contribution in [3.63, 3.8) is 0 Å². The Kier molecular flexibility index (Phi) is 8.12. The number of benzene rings is 1. The molecule has 4 heterocycles. The summed E-state index contributed by atoms with van der Waals surface area (Å²) in [5.74, 6) is 0.279. The Hall–Kier alpha value is -4.14. The van der Waals surface area contributed by atoms with Crippen molar-refractivity contribution in [2.75, 3.05) is 68.1 Å². The normalized spacial score (nSPS) is 17.8. The second kappa shape index (κ2) is 11.6. The van der Waals surface area contributed by atoms with Crippen LogP contribution in [0.3, 0.4) is 0 Å². The summed E-state index contributed by atoms with van der Waals surface area (Å²) in [6.45, 7) is 6.63. The van der Waals surface area contributed by atoms with Crippen molar-refractivity contribution >= 4 is 34.9 Å². The molecule has 226 valence electrons. The maximum absolute atomic E-state index is 13.8. The highest BCUT2D eigenvalue weighted by Gasteiger charge is 2.31. The first-order valence-corrected chi connectivity index (χ1v) is 13.7. The number of rotatable bonds is 7. The molecule has 1 atom stereocenters. The van der Waals surface area contributed by atoms with Crippen LogP contribution in [0.5, 0.6) is 0 Å². The predicted octanol–water partition coefficient (Wildman–Crippen LogP) is 2.00. The van der Waals surface area contributed by atoms with Crippen LogP contribution in [0.4, 0.5) is 30.5 Å². The monoisotopic (exact) mass is 590 g/mol. The van der Waals surface area contributed by atoms with Crippen LogP contribution in [0.2, 0.25) is 0 Å². The van der Waals surface area contributed by atoms with E-state index in [1.165, 1.54) is 23.6 Å². The molecule has 2 aliphatic rings. The van der Waals surface area contributed by atoms with Crippen LogP contribution < -0.4 is 20.7 Å². The van der Waals surface area contributed by atoms with E-state index in [-0.39, 0.29) is 29.5 Å². The molecule has 0 bridgehead atoms. The summed E-state index contributed by atoms with van der Waals surface area (Å²) in [7, 11) is 1.65. The Balaban J connectivity index is 1.48. The minimum atomic E-state index is -4.49. The Labute approximate surface area is 239 Å². The zero-order valence-electron chi connectivity index (χ0n) is 23.6. The summed E-state index contributed by atoms with van der Waals surface area (Å²) < 4.78 is 46.9. The lowest BCUT2D eigenvalue weighted by Crippen LogP contribution is -2.50. The van der Waals surface area contributed by atoms with Gasteiger partial charge in [0.25, 0.3) is 5.56 Å². The highest BCUT2D eigenvalue weighted by molar-refractivity contribution is 5.91. The Morgan fingerprint density at radius 1 is 1.07 bits per heavy atom.